The summed E-state index contributed by atoms with van der Waals surface area (Å²) < 4.78 is 4.86. The number of azide groups is 1. The van der Waals surface area contributed by atoms with Gasteiger partial charge in [-0.25, -0.2) is 9.78 Å². The predicted molar refractivity (Wildman–Crippen MR) is 109 cm³/mol. The van der Waals surface area contributed by atoms with Crippen LogP contribution in [0.3, 0.4) is 0 Å². The SMILES string of the molecule is CCOC(=O)c1cc2ccncc2cn1.[N-]=[N+]=NC(=O)c1cc2ccncc2cn1. The maximum Gasteiger partial charge on any atom is 0.356 e. The van der Waals surface area contributed by atoms with Gasteiger partial charge in [-0.3, -0.25) is 19.7 Å². The normalized spacial score (nSPS) is 9.90. The van der Waals surface area contributed by atoms with Crippen LogP contribution in [0.5, 0.6) is 0 Å². The molecular formula is C20H15N7O3. The van der Waals surface area contributed by atoms with Crippen LogP contribution < -0.4 is 0 Å². The molecule has 0 aliphatic rings. The van der Waals surface area contributed by atoms with Crippen LogP contribution in [-0.2, 0) is 4.74 Å². The predicted octanol–water partition coefficient (Wildman–Crippen LogP) is 3.89. The molecule has 1 amide bonds. The van der Waals surface area contributed by atoms with Gasteiger partial charge in [0.05, 0.1) is 6.61 Å². The second-order valence-electron chi connectivity index (χ2n) is 5.80. The zero-order valence-corrected chi connectivity index (χ0v) is 15.8. The van der Waals surface area contributed by atoms with E-state index in [1.54, 1.807) is 56.1 Å². The molecule has 0 aliphatic heterocycles. The number of carbonyl (C=O) groups is 2. The van der Waals surface area contributed by atoms with Gasteiger partial charge in [-0.15, -0.1) is 0 Å². The summed E-state index contributed by atoms with van der Waals surface area (Å²) >= 11 is 0. The Labute approximate surface area is 170 Å². The lowest BCUT2D eigenvalue weighted by molar-refractivity contribution is 0.0519. The van der Waals surface area contributed by atoms with Gasteiger partial charge in [0.2, 0.25) is 0 Å². The van der Waals surface area contributed by atoms with Crippen molar-refractivity contribution >= 4 is 33.4 Å². The minimum Gasteiger partial charge on any atom is -0.461 e. The Bertz CT molecular complexity index is 1270. The first kappa shape index (κ1) is 20.3. The quantitative estimate of drug-likeness (QED) is 0.219. The standard InChI is InChI=1S/C11H10N2O2.C9H5N5O/c1-2-15-11(14)10-5-8-3-4-12-6-9(8)7-13-10;10-14-13-9(15)8-3-6-1-2-11-4-7(6)5-12-8/h3-7H,2H2,1H3;1-5H. The summed E-state index contributed by atoms with van der Waals surface area (Å²) in [5.41, 5.74) is 8.57. The Morgan fingerprint density at radius 2 is 1.50 bits per heavy atom. The highest BCUT2D eigenvalue weighted by atomic mass is 16.5. The summed E-state index contributed by atoms with van der Waals surface area (Å²) in [4.78, 5) is 40.8. The number of fused-ring (bicyclic) bond motifs is 2. The molecule has 0 fully saturated rings. The van der Waals surface area contributed by atoms with Crippen molar-refractivity contribution in [1.82, 2.24) is 19.9 Å². The van der Waals surface area contributed by atoms with Crippen molar-refractivity contribution in [1.29, 1.82) is 0 Å². The van der Waals surface area contributed by atoms with E-state index in [2.05, 4.69) is 30.0 Å². The molecule has 0 unspecified atom stereocenters. The highest BCUT2D eigenvalue weighted by Gasteiger charge is 2.08. The molecule has 10 heteroatoms. The van der Waals surface area contributed by atoms with Crippen molar-refractivity contribution in [3.63, 3.8) is 0 Å². The topological polar surface area (TPSA) is 144 Å². The summed E-state index contributed by atoms with van der Waals surface area (Å²) in [5, 5.41) is 6.47. The molecule has 0 aromatic carbocycles. The fourth-order valence-corrected chi connectivity index (χ4v) is 2.49. The number of ether oxygens (including phenoxy) is 1. The number of hydrogen-bond acceptors (Lipinski definition) is 7. The maximum atomic E-state index is 11.4. The number of aromatic nitrogens is 4. The van der Waals surface area contributed by atoms with E-state index < -0.39 is 11.9 Å². The van der Waals surface area contributed by atoms with Gasteiger partial charge in [-0.05, 0) is 52.6 Å². The smallest absolute Gasteiger partial charge is 0.356 e. The highest BCUT2D eigenvalue weighted by molar-refractivity contribution is 5.96. The molecule has 4 aromatic heterocycles. The number of hydrogen-bond donors (Lipinski definition) is 0. The van der Waals surface area contributed by atoms with E-state index >= 15 is 0 Å². The Morgan fingerprint density at radius 3 is 2.07 bits per heavy atom. The van der Waals surface area contributed by atoms with Gasteiger partial charge in [0.15, 0.2) is 0 Å². The lowest BCUT2D eigenvalue weighted by atomic mass is 10.2. The summed E-state index contributed by atoms with van der Waals surface area (Å²) in [7, 11) is 0. The van der Waals surface area contributed by atoms with Gasteiger partial charge >= 0.3 is 5.97 Å². The first-order chi connectivity index (χ1) is 14.6. The van der Waals surface area contributed by atoms with Crippen LogP contribution >= 0.6 is 0 Å². The van der Waals surface area contributed by atoms with Gasteiger partial charge < -0.3 is 4.74 Å². The number of rotatable bonds is 3. The average molecular weight is 401 g/mol. The van der Waals surface area contributed by atoms with Gasteiger partial charge in [-0.2, -0.15) is 0 Å². The molecule has 4 heterocycles. The summed E-state index contributed by atoms with van der Waals surface area (Å²) in [6.07, 6.45) is 9.78. The van der Waals surface area contributed by atoms with Crippen molar-refractivity contribution in [2.45, 2.75) is 6.92 Å². The third-order valence-corrected chi connectivity index (χ3v) is 3.88. The molecular weight excluding hydrogens is 386 g/mol. The Morgan fingerprint density at radius 1 is 0.933 bits per heavy atom. The fourth-order valence-electron chi connectivity index (χ4n) is 2.49. The zero-order valence-electron chi connectivity index (χ0n) is 15.8. The third-order valence-electron chi connectivity index (χ3n) is 3.88. The van der Waals surface area contributed by atoms with Crippen LogP contribution in [0.1, 0.15) is 27.9 Å². The van der Waals surface area contributed by atoms with Gasteiger partial charge in [0.1, 0.15) is 11.4 Å². The molecule has 30 heavy (non-hydrogen) atoms. The van der Waals surface area contributed by atoms with E-state index in [0.29, 0.717) is 12.3 Å². The summed E-state index contributed by atoms with van der Waals surface area (Å²) in [6, 6.07) is 6.85. The van der Waals surface area contributed by atoms with Crippen LogP contribution in [0.15, 0.2) is 66.6 Å². The third kappa shape index (κ3) is 4.89. The van der Waals surface area contributed by atoms with Gasteiger partial charge in [0, 0.05) is 52.9 Å². The lowest BCUT2D eigenvalue weighted by Crippen LogP contribution is -2.06. The molecule has 0 saturated heterocycles. The molecule has 4 rings (SSSR count). The number of esters is 1. The molecule has 0 aliphatic carbocycles. The second-order valence-corrected chi connectivity index (χ2v) is 5.80. The van der Waals surface area contributed by atoms with Crippen molar-refractivity contribution in [2.24, 2.45) is 5.11 Å². The van der Waals surface area contributed by atoms with Crippen molar-refractivity contribution in [3.05, 3.63) is 83.3 Å². The Balaban J connectivity index is 0.000000171. The van der Waals surface area contributed by atoms with E-state index in [9.17, 15) is 9.59 Å². The highest BCUT2D eigenvalue weighted by Crippen LogP contribution is 2.13. The first-order valence-corrected chi connectivity index (χ1v) is 8.78. The van der Waals surface area contributed by atoms with Crippen LogP contribution in [0, 0.1) is 0 Å². The van der Waals surface area contributed by atoms with Crippen molar-refractivity contribution in [2.75, 3.05) is 6.61 Å². The minimum absolute atomic E-state index is 0.131. The van der Waals surface area contributed by atoms with E-state index in [1.165, 1.54) is 6.20 Å². The van der Waals surface area contributed by atoms with E-state index in [-0.39, 0.29) is 5.69 Å². The first-order valence-electron chi connectivity index (χ1n) is 8.78. The fraction of sp³-hybridized carbons (Fsp3) is 0.100. The Kier molecular flexibility index (Phi) is 6.55. The molecule has 4 aromatic rings. The maximum absolute atomic E-state index is 11.4. The average Bonchev–Trinajstić information content (AvgIpc) is 2.79. The molecule has 0 atom stereocenters. The minimum atomic E-state index is -0.684. The zero-order chi connectivity index (χ0) is 21.3. The van der Waals surface area contributed by atoms with Crippen molar-refractivity contribution in [3.8, 4) is 0 Å². The Hall–Kier alpha value is -4.43. The summed E-state index contributed by atoms with van der Waals surface area (Å²) in [6.45, 7) is 2.12. The number of amides is 1. The number of nitrogens with zero attached hydrogens (tertiary/aromatic N) is 7. The van der Waals surface area contributed by atoms with E-state index in [4.69, 9.17) is 10.3 Å². The second kappa shape index (κ2) is 9.67. The van der Waals surface area contributed by atoms with Gasteiger partial charge in [0.25, 0.3) is 5.91 Å². The molecule has 0 spiro atoms. The lowest BCUT2D eigenvalue weighted by Gasteiger charge is -2.01. The largest absolute Gasteiger partial charge is 0.461 e. The molecule has 0 N–H and O–H groups in total. The number of pyridine rings is 4. The molecule has 0 saturated carbocycles. The van der Waals surface area contributed by atoms with Gasteiger partial charge in [-0.1, -0.05) is 0 Å². The molecule has 0 bridgehead atoms. The van der Waals surface area contributed by atoms with Crippen LogP contribution in [0.2, 0.25) is 0 Å². The van der Waals surface area contributed by atoms with E-state index in [0.717, 1.165) is 21.5 Å². The summed E-state index contributed by atoms with van der Waals surface area (Å²) in [5.74, 6) is -1.08. The molecule has 0 radical (unpaired) electrons. The van der Waals surface area contributed by atoms with E-state index in [1.807, 2.05) is 6.07 Å². The van der Waals surface area contributed by atoms with Crippen LogP contribution in [0.25, 0.3) is 32.0 Å². The molecule has 148 valence electrons. The molecule has 10 nitrogen and oxygen atoms in total. The van der Waals surface area contributed by atoms with Crippen LogP contribution in [-0.4, -0.2) is 38.4 Å². The monoisotopic (exact) mass is 401 g/mol. The number of carbonyl (C=O) groups excluding carboxylic acids is 2. The van der Waals surface area contributed by atoms with Crippen LogP contribution in [0.4, 0.5) is 0 Å². The van der Waals surface area contributed by atoms with Crippen molar-refractivity contribution < 1.29 is 14.3 Å².